The Labute approximate surface area is 141 Å². The third-order valence-electron chi connectivity index (χ3n) is 3.11. The van der Waals surface area contributed by atoms with Crippen LogP contribution in [0.5, 0.6) is 5.75 Å². The highest BCUT2D eigenvalue weighted by Crippen LogP contribution is 2.28. The number of thiophene rings is 1. The van der Waals surface area contributed by atoms with Gasteiger partial charge in [0.2, 0.25) is 5.95 Å². The van der Waals surface area contributed by atoms with Crippen molar-refractivity contribution in [3.05, 3.63) is 52.2 Å². The van der Waals surface area contributed by atoms with E-state index in [0.29, 0.717) is 16.2 Å². The molecule has 0 unspecified atom stereocenters. The molecule has 8 heteroatoms. The third-order valence-corrected chi connectivity index (χ3v) is 3.96. The lowest BCUT2D eigenvalue weighted by Crippen LogP contribution is -2.07. The highest BCUT2D eigenvalue weighted by Gasteiger charge is 2.15. The lowest BCUT2D eigenvalue weighted by atomic mass is 10.1. The van der Waals surface area contributed by atoms with Crippen molar-refractivity contribution in [2.45, 2.75) is 0 Å². The number of nitrogen functional groups attached to an aromatic ring is 2. The molecule has 3 rings (SSSR count). The zero-order valence-electron chi connectivity index (χ0n) is 12.3. The van der Waals surface area contributed by atoms with E-state index in [1.807, 2.05) is 6.07 Å². The Morgan fingerprint density at radius 2 is 2.04 bits per heavy atom. The van der Waals surface area contributed by atoms with E-state index >= 15 is 0 Å². The highest BCUT2D eigenvalue weighted by molar-refractivity contribution is 7.12. The number of nitrogens with two attached hydrogens (primary N) is 2. The fourth-order valence-corrected chi connectivity index (χ4v) is 2.67. The van der Waals surface area contributed by atoms with Crippen molar-refractivity contribution in [3.63, 3.8) is 0 Å². The van der Waals surface area contributed by atoms with Crippen LogP contribution in [0.25, 0.3) is 11.3 Å². The van der Waals surface area contributed by atoms with Gasteiger partial charge in [0.05, 0.1) is 5.69 Å². The number of benzene rings is 1. The SMILES string of the molecule is N#Cc1c(N)nc(N)nc1-c1cccc(OC(=O)c2cccs2)c1. The normalized spacial score (nSPS) is 10.1. The minimum absolute atomic E-state index is 0.000911. The van der Waals surface area contributed by atoms with Crippen molar-refractivity contribution < 1.29 is 9.53 Å². The molecule has 1 aromatic carbocycles. The van der Waals surface area contributed by atoms with Gasteiger partial charge in [0.25, 0.3) is 0 Å². The second-order valence-electron chi connectivity index (χ2n) is 4.70. The Morgan fingerprint density at radius 3 is 2.75 bits per heavy atom. The summed E-state index contributed by atoms with van der Waals surface area (Å²) in [7, 11) is 0. The van der Waals surface area contributed by atoms with Gasteiger partial charge in [-0.15, -0.1) is 11.3 Å². The number of esters is 1. The maximum atomic E-state index is 12.0. The van der Waals surface area contributed by atoms with Gasteiger partial charge < -0.3 is 16.2 Å². The van der Waals surface area contributed by atoms with Gasteiger partial charge in [-0.25, -0.2) is 9.78 Å². The molecule has 0 aliphatic rings. The van der Waals surface area contributed by atoms with Gasteiger partial charge in [-0.1, -0.05) is 18.2 Å². The van der Waals surface area contributed by atoms with Crippen molar-refractivity contribution in [2.75, 3.05) is 11.5 Å². The largest absolute Gasteiger partial charge is 0.422 e. The second-order valence-corrected chi connectivity index (χ2v) is 5.64. The molecular weight excluding hydrogens is 326 g/mol. The second kappa shape index (κ2) is 6.36. The number of nitriles is 1. The summed E-state index contributed by atoms with van der Waals surface area (Å²) in [5, 5.41) is 11.0. The molecule has 7 nitrogen and oxygen atoms in total. The summed E-state index contributed by atoms with van der Waals surface area (Å²) in [4.78, 5) is 20.4. The van der Waals surface area contributed by atoms with Crippen molar-refractivity contribution in [1.82, 2.24) is 9.97 Å². The van der Waals surface area contributed by atoms with E-state index in [-0.39, 0.29) is 23.0 Å². The molecule has 4 N–H and O–H groups in total. The van der Waals surface area contributed by atoms with Gasteiger partial charge in [-0.3, -0.25) is 0 Å². The van der Waals surface area contributed by atoms with E-state index in [4.69, 9.17) is 16.2 Å². The number of nitrogens with zero attached hydrogens (tertiary/aromatic N) is 3. The molecule has 118 valence electrons. The van der Waals surface area contributed by atoms with E-state index in [1.165, 1.54) is 11.3 Å². The molecule has 24 heavy (non-hydrogen) atoms. The maximum absolute atomic E-state index is 12.0. The van der Waals surface area contributed by atoms with Crippen molar-refractivity contribution >= 4 is 29.1 Å². The summed E-state index contributed by atoms with van der Waals surface area (Å²) in [5.41, 5.74) is 12.3. The van der Waals surface area contributed by atoms with E-state index in [2.05, 4.69) is 9.97 Å². The fourth-order valence-electron chi connectivity index (χ4n) is 2.07. The smallest absolute Gasteiger partial charge is 0.353 e. The Balaban J connectivity index is 1.97. The summed E-state index contributed by atoms with van der Waals surface area (Å²) in [6.45, 7) is 0. The number of anilines is 2. The van der Waals surface area contributed by atoms with Crippen molar-refractivity contribution in [3.8, 4) is 23.1 Å². The van der Waals surface area contributed by atoms with Crippen LogP contribution >= 0.6 is 11.3 Å². The first-order valence-electron chi connectivity index (χ1n) is 6.77. The Kier molecular flexibility index (Phi) is 4.09. The molecule has 0 saturated heterocycles. The maximum Gasteiger partial charge on any atom is 0.353 e. The molecule has 0 saturated carbocycles. The summed E-state index contributed by atoms with van der Waals surface area (Å²) in [6, 6.07) is 12.0. The van der Waals surface area contributed by atoms with Gasteiger partial charge >= 0.3 is 5.97 Å². The molecule has 0 amide bonds. The van der Waals surface area contributed by atoms with Gasteiger partial charge in [-0.2, -0.15) is 10.2 Å². The van der Waals surface area contributed by atoms with Crippen LogP contribution in [-0.4, -0.2) is 15.9 Å². The fraction of sp³-hybridized carbons (Fsp3) is 0. The minimum Gasteiger partial charge on any atom is -0.422 e. The quantitative estimate of drug-likeness (QED) is 0.555. The van der Waals surface area contributed by atoms with Crippen LogP contribution in [0.2, 0.25) is 0 Å². The zero-order valence-corrected chi connectivity index (χ0v) is 13.1. The predicted octanol–water partition coefficient (Wildman–Crippen LogP) is 2.46. The molecule has 3 aromatic rings. The molecule has 0 aliphatic carbocycles. The number of ether oxygens (including phenoxy) is 1. The predicted molar refractivity (Wildman–Crippen MR) is 90.3 cm³/mol. The van der Waals surface area contributed by atoms with Gasteiger partial charge in [-0.05, 0) is 23.6 Å². The number of aromatic nitrogens is 2. The average molecular weight is 337 g/mol. The molecule has 2 aromatic heterocycles. The molecule has 0 atom stereocenters. The number of carbonyl (C=O) groups is 1. The molecule has 0 bridgehead atoms. The first-order valence-corrected chi connectivity index (χ1v) is 7.65. The molecule has 0 aliphatic heterocycles. The van der Waals surface area contributed by atoms with Crippen LogP contribution in [0, 0.1) is 11.3 Å². The molecule has 0 fully saturated rings. The number of hydrogen-bond acceptors (Lipinski definition) is 8. The standard InChI is InChI=1S/C16H11N5O2S/c17-8-11-13(20-16(19)21-14(11)18)9-3-1-4-10(7-9)23-15(22)12-5-2-6-24-12/h1-7H,(H4,18,19,20,21). The van der Waals surface area contributed by atoms with Crippen LogP contribution in [0.1, 0.15) is 15.2 Å². The summed E-state index contributed by atoms with van der Waals surface area (Å²) in [6.07, 6.45) is 0. The summed E-state index contributed by atoms with van der Waals surface area (Å²) in [5.74, 6) is -0.168. The Morgan fingerprint density at radius 1 is 1.21 bits per heavy atom. The van der Waals surface area contributed by atoms with Gasteiger partial charge in [0.1, 0.15) is 28.1 Å². The number of hydrogen-bond donors (Lipinski definition) is 2. The first-order chi connectivity index (χ1) is 11.6. The molecule has 0 spiro atoms. The summed E-state index contributed by atoms with van der Waals surface area (Å²) >= 11 is 1.29. The molecular formula is C16H11N5O2S. The van der Waals surface area contributed by atoms with Crippen LogP contribution in [0.15, 0.2) is 41.8 Å². The molecule has 2 heterocycles. The van der Waals surface area contributed by atoms with E-state index in [0.717, 1.165) is 0 Å². The van der Waals surface area contributed by atoms with E-state index in [9.17, 15) is 10.1 Å². The Hall–Kier alpha value is -3.44. The van der Waals surface area contributed by atoms with Gasteiger partial charge in [0.15, 0.2) is 0 Å². The van der Waals surface area contributed by atoms with Gasteiger partial charge in [0, 0.05) is 5.56 Å². The van der Waals surface area contributed by atoms with E-state index < -0.39 is 5.97 Å². The number of rotatable bonds is 3. The monoisotopic (exact) mass is 337 g/mol. The topological polar surface area (TPSA) is 128 Å². The van der Waals surface area contributed by atoms with Crippen molar-refractivity contribution in [1.29, 1.82) is 5.26 Å². The minimum atomic E-state index is -0.454. The van der Waals surface area contributed by atoms with Crippen LogP contribution < -0.4 is 16.2 Å². The van der Waals surface area contributed by atoms with E-state index in [1.54, 1.807) is 41.8 Å². The lowest BCUT2D eigenvalue weighted by molar-refractivity contribution is 0.0740. The van der Waals surface area contributed by atoms with Crippen LogP contribution in [-0.2, 0) is 0 Å². The summed E-state index contributed by atoms with van der Waals surface area (Å²) < 4.78 is 5.34. The highest BCUT2D eigenvalue weighted by atomic mass is 32.1. The zero-order chi connectivity index (χ0) is 17.1. The average Bonchev–Trinajstić information content (AvgIpc) is 3.09. The van der Waals surface area contributed by atoms with Crippen molar-refractivity contribution in [2.24, 2.45) is 0 Å². The van der Waals surface area contributed by atoms with Crippen LogP contribution in [0.3, 0.4) is 0 Å². The first kappa shape index (κ1) is 15.5. The lowest BCUT2D eigenvalue weighted by Gasteiger charge is -2.08. The van der Waals surface area contributed by atoms with Crippen LogP contribution in [0.4, 0.5) is 11.8 Å². The third kappa shape index (κ3) is 3.02. The molecule has 0 radical (unpaired) electrons. The Bertz CT molecular complexity index is 948. The number of carbonyl (C=O) groups excluding carboxylic acids is 1.